The lowest BCUT2D eigenvalue weighted by molar-refractivity contribution is 0.223. The normalized spacial score (nSPS) is 13.7. The van der Waals surface area contributed by atoms with E-state index in [0.717, 1.165) is 6.42 Å². The van der Waals surface area contributed by atoms with Gasteiger partial charge in [0.05, 0.1) is 13.2 Å². The predicted molar refractivity (Wildman–Crippen MR) is 36.3 cm³/mol. The Hall–Kier alpha value is -0.120. The summed E-state index contributed by atoms with van der Waals surface area (Å²) in [7, 11) is 0. The molecule has 9 heavy (non-hydrogen) atoms. The van der Waals surface area contributed by atoms with Gasteiger partial charge in [0.15, 0.2) is 0 Å². The third-order valence-corrected chi connectivity index (χ3v) is 1.26. The third kappa shape index (κ3) is 4.39. The van der Waals surface area contributed by atoms with Gasteiger partial charge in [0.25, 0.3) is 0 Å². The Morgan fingerprint density at radius 2 is 2.11 bits per heavy atom. The van der Waals surface area contributed by atoms with Gasteiger partial charge in [0.1, 0.15) is 0 Å². The monoisotopic (exact) mass is 133 g/mol. The van der Waals surface area contributed by atoms with Crippen molar-refractivity contribution in [3.8, 4) is 0 Å². The fraction of sp³-hybridized carbons (Fsp3) is 1.00. The number of aliphatic hydroxyl groups excluding tert-OH is 2. The number of rotatable bonds is 5. The van der Waals surface area contributed by atoms with Gasteiger partial charge in [0.2, 0.25) is 0 Å². The minimum absolute atomic E-state index is 0.135. The topological polar surface area (TPSA) is 52.5 Å². The Kier molecular flexibility index (Phi) is 5.93. The van der Waals surface area contributed by atoms with E-state index in [2.05, 4.69) is 5.32 Å². The van der Waals surface area contributed by atoms with Crippen molar-refractivity contribution in [3.05, 3.63) is 0 Å². The number of hydrogen-bond donors (Lipinski definition) is 3. The van der Waals surface area contributed by atoms with E-state index in [1.54, 1.807) is 0 Å². The molecular formula is C6H15NO2. The van der Waals surface area contributed by atoms with Crippen molar-refractivity contribution in [1.29, 1.82) is 0 Å². The molecule has 0 spiro atoms. The van der Waals surface area contributed by atoms with E-state index in [0.29, 0.717) is 6.54 Å². The molecular weight excluding hydrogens is 118 g/mol. The molecule has 0 aliphatic heterocycles. The van der Waals surface area contributed by atoms with Gasteiger partial charge in [-0.05, 0) is 6.42 Å². The second-order valence-electron chi connectivity index (χ2n) is 1.97. The van der Waals surface area contributed by atoms with Crippen LogP contribution in [0.1, 0.15) is 13.3 Å². The van der Waals surface area contributed by atoms with Crippen molar-refractivity contribution in [2.24, 2.45) is 0 Å². The van der Waals surface area contributed by atoms with Crippen LogP contribution in [0.4, 0.5) is 0 Å². The van der Waals surface area contributed by atoms with E-state index >= 15 is 0 Å². The number of hydrogen-bond acceptors (Lipinski definition) is 3. The van der Waals surface area contributed by atoms with Crippen LogP contribution in [0.3, 0.4) is 0 Å². The number of aliphatic hydroxyl groups is 2. The molecule has 0 aromatic heterocycles. The highest BCUT2D eigenvalue weighted by Crippen LogP contribution is 1.86. The average Bonchev–Trinajstić information content (AvgIpc) is 1.91. The standard InChI is InChI=1S/C6H15NO2/c1-2-6(5-9)7-3-4-8/h6-9H,2-5H2,1H3. The molecule has 0 saturated carbocycles. The molecule has 0 radical (unpaired) electrons. The lowest BCUT2D eigenvalue weighted by Crippen LogP contribution is -2.33. The highest BCUT2D eigenvalue weighted by molar-refractivity contribution is 4.61. The van der Waals surface area contributed by atoms with E-state index in [-0.39, 0.29) is 19.3 Å². The molecule has 0 aromatic carbocycles. The quantitative estimate of drug-likeness (QED) is 0.466. The van der Waals surface area contributed by atoms with Crippen LogP contribution in [-0.2, 0) is 0 Å². The largest absolute Gasteiger partial charge is 0.395 e. The van der Waals surface area contributed by atoms with Crippen LogP contribution in [0.25, 0.3) is 0 Å². The summed E-state index contributed by atoms with van der Waals surface area (Å²) in [5.74, 6) is 0. The van der Waals surface area contributed by atoms with Crippen LogP contribution < -0.4 is 5.32 Å². The zero-order chi connectivity index (χ0) is 7.11. The lowest BCUT2D eigenvalue weighted by atomic mass is 10.2. The van der Waals surface area contributed by atoms with Crippen LogP contribution in [-0.4, -0.2) is 36.0 Å². The number of nitrogens with one attached hydrogen (secondary N) is 1. The second kappa shape index (κ2) is 6.01. The summed E-state index contributed by atoms with van der Waals surface area (Å²) in [6.45, 7) is 2.84. The maximum atomic E-state index is 8.61. The Balaban J connectivity index is 3.09. The molecule has 0 amide bonds. The molecule has 0 bridgehead atoms. The maximum Gasteiger partial charge on any atom is 0.0584 e. The fourth-order valence-electron chi connectivity index (χ4n) is 0.607. The molecule has 0 fully saturated rings. The van der Waals surface area contributed by atoms with Crippen LogP contribution in [0.2, 0.25) is 0 Å². The summed E-state index contributed by atoms with van der Waals surface area (Å²) in [4.78, 5) is 0. The minimum Gasteiger partial charge on any atom is -0.395 e. The second-order valence-corrected chi connectivity index (χ2v) is 1.97. The summed E-state index contributed by atoms with van der Waals surface area (Å²) in [6, 6.07) is 0.150. The molecule has 0 aliphatic carbocycles. The Labute approximate surface area is 55.7 Å². The Morgan fingerprint density at radius 3 is 2.44 bits per heavy atom. The minimum atomic E-state index is 0.135. The van der Waals surface area contributed by atoms with Gasteiger partial charge >= 0.3 is 0 Å². The summed E-state index contributed by atoms with van der Waals surface area (Å²) >= 11 is 0. The molecule has 56 valence electrons. The third-order valence-electron chi connectivity index (χ3n) is 1.26. The zero-order valence-electron chi connectivity index (χ0n) is 5.80. The Morgan fingerprint density at radius 1 is 1.44 bits per heavy atom. The van der Waals surface area contributed by atoms with Gasteiger partial charge < -0.3 is 15.5 Å². The summed E-state index contributed by atoms with van der Waals surface area (Å²) in [6.07, 6.45) is 0.899. The SMILES string of the molecule is CCC(CO)NCCO. The Bertz CT molecular complexity index is 55.0. The average molecular weight is 133 g/mol. The van der Waals surface area contributed by atoms with Crippen LogP contribution in [0, 0.1) is 0 Å². The highest BCUT2D eigenvalue weighted by Gasteiger charge is 1.99. The molecule has 1 unspecified atom stereocenters. The fourth-order valence-corrected chi connectivity index (χ4v) is 0.607. The van der Waals surface area contributed by atoms with Gasteiger partial charge in [-0.1, -0.05) is 6.92 Å². The van der Waals surface area contributed by atoms with E-state index in [1.165, 1.54) is 0 Å². The van der Waals surface area contributed by atoms with Crippen molar-refractivity contribution < 1.29 is 10.2 Å². The molecule has 0 heterocycles. The first kappa shape index (κ1) is 8.88. The molecule has 0 aliphatic rings. The van der Waals surface area contributed by atoms with Crippen molar-refractivity contribution in [2.75, 3.05) is 19.8 Å². The molecule has 0 saturated heterocycles. The van der Waals surface area contributed by atoms with Crippen molar-refractivity contribution in [2.45, 2.75) is 19.4 Å². The van der Waals surface area contributed by atoms with Crippen molar-refractivity contribution in [3.63, 3.8) is 0 Å². The summed E-state index contributed by atoms with van der Waals surface area (Å²) in [5, 5.41) is 19.9. The molecule has 1 atom stereocenters. The molecule has 0 rings (SSSR count). The smallest absolute Gasteiger partial charge is 0.0584 e. The van der Waals surface area contributed by atoms with E-state index in [9.17, 15) is 0 Å². The van der Waals surface area contributed by atoms with Crippen LogP contribution in [0.15, 0.2) is 0 Å². The van der Waals surface area contributed by atoms with E-state index in [1.807, 2.05) is 6.92 Å². The summed E-state index contributed by atoms with van der Waals surface area (Å²) in [5.41, 5.74) is 0. The molecule has 3 N–H and O–H groups in total. The highest BCUT2D eigenvalue weighted by atomic mass is 16.3. The first-order valence-corrected chi connectivity index (χ1v) is 3.30. The van der Waals surface area contributed by atoms with Crippen molar-refractivity contribution in [1.82, 2.24) is 5.32 Å². The van der Waals surface area contributed by atoms with Crippen LogP contribution in [0.5, 0.6) is 0 Å². The van der Waals surface area contributed by atoms with Gasteiger partial charge in [-0.3, -0.25) is 0 Å². The molecule has 3 nitrogen and oxygen atoms in total. The summed E-state index contributed by atoms with van der Waals surface area (Å²) < 4.78 is 0. The maximum absolute atomic E-state index is 8.61. The molecule has 3 heteroatoms. The first-order valence-electron chi connectivity index (χ1n) is 3.30. The lowest BCUT2D eigenvalue weighted by Gasteiger charge is -2.11. The van der Waals surface area contributed by atoms with Crippen LogP contribution >= 0.6 is 0 Å². The first-order chi connectivity index (χ1) is 4.35. The predicted octanol–water partition coefficient (Wildman–Crippen LogP) is -0.661. The zero-order valence-corrected chi connectivity index (χ0v) is 5.80. The van der Waals surface area contributed by atoms with Crippen molar-refractivity contribution >= 4 is 0 Å². The van der Waals surface area contributed by atoms with Gasteiger partial charge in [0, 0.05) is 12.6 Å². The van der Waals surface area contributed by atoms with Gasteiger partial charge in [-0.25, -0.2) is 0 Å². The van der Waals surface area contributed by atoms with E-state index < -0.39 is 0 Å². The van der Waals surface area contributed by atoms with Gasteiger partial charge in [-0.15, -0.1) is 0 Å². The molecule has 0 aromatic rings. The van der Waals surface area contributed by atoms with Gasteiger partial charge in [-0.2, -0.15) is 0 Å². The van der Waals surface area contributed by atoms with E-state index in [4.69, 9.17) is 10.2 Å².